The van der Waals surface area contributed by atoms with Gasteiger partial charge < -0.3 is 9.47 Å². The molecule has 0 unspecified atom stereocenters. The maximum Gasteiger partial charge on any atom is 0.416 e. The number of hydrogen-bond acceptors (Lipinski definition) is 5. The highest BCUT2D eigenvalue weighted by Gasteiger charge is 2.52. The lowest BCUT2D eigenvalue weighted by atomic mass is 9.74. The van der Waals surface area contributed by atoms with Crippen LogP contribution in [0.25, 0.3) is 0 Å². The van der Waals surface area contributed by atoms with Crippen LogP contribution in [0, 0.1) is 6.92 Å². The van der Waals surface area contributed by atoms with Crippen LogP contribution in [0.2, 0.25) is 0 Å². The molecule has 35 heavy (non-hydrogen) atoms. The first-order valence-corrected chi connectivity index (χ1v) is 12.4. The first-order valence-electron chi connectivity index (χ1n) is 10.6. The smallest absolute Gasteiger partial charge is 0.320 e. The number of carbonyl (C=O) groups is 1. The number of anilines is 1. The van der Waals surface area contributed by atoms with Crippen molar-refractivity contribution in [3.8, 4) is 0 Å². The number of rotatable bonds is 4. The van der Waals surface area contributed by atoms with Crippen molar-refractivity contribution in [2.24, 2.45) is 7.05 Å². The second-order valence-corrected chi connectivity index (χ2v) is 11.0. The van der Waals surface area contributed by atoms with Crippen LogP contribution in [-0.4, -0.2) is 52.7 Å². The van der Waals surface area contributed by atoms with E-state index in [-0.39, 0.29) is 36.3 Å². The Bertz CT molecular complexity index is 1460. The predicted octanol–water partition coefficient (Wildman–Crippen LogP) is 2.74. The van der Waals surface area contributed by atoms with Crippen molar-refractivity contribution in [3.63, 3.8) is 0 Å². The largest absolute Gasteiger partial charge is 0.416 e. The zero-order valence-electron chi connectivity index (χ0n) is 18.9. The second kappa shape index (κ2) is 7.62. The molecule has 1 aromatic heterocycles. The zero-order valence-corrected chi connectivity index (χ0v) is 19.7. The number of halogens is 3. The van der Waals surface area contributed by atoms with E-state index in [4.69, 9.17) is 0 Å². The first-order chi connectivity index (χ1) is 16.3. The Morgan fingerprint density at radius 2 is 1.86 bits per heavy atom. The van der Waals surface area contributed by atoms with Gasteiger partial charge in [-0.3, -0.25) is 4.79 Å². The second-order valence-electron chi connectivity index (χ2n) is 8.99. The minimum Gasteiger partial charge on any atom is -0.320 e. The van der Waals surface area contributed by atoms with Crippen LogP contribution in [0.5, 0.6) is 0 Å². The lowest BCUT2D eigenvalue weighted by Gasteiger charge is -2.48. The number of benzene rings is 2. The van der Waals surface area contributed by atoms with Crippen LogP contribution in [0.1, 0.15) is 38.4 Å². The molecule has 3 aromatic rings. The molecule has 1 fully saturated rings. The maximum absolute atomic E-state index is 13.7. The SMILES string of the molecule is [CH2]c1cc2c(c(C(F)(F)F)c1)CN(c1cccc(C3(c4nncn4C)CN(S(C)(=O)=O)C3)c1)C2=O. The van der Waals surface area contributed by atoms with E-state index in [2.05, 4.69) is 17.1 Å². The van der Waals surface area contributed by atoms with Gasteiger partial charge in [-0.25, -0.2) is 8.42 Å². The fraction of sp³-hybridized carbons (Fsp3) is 0.304. The molecule has 8 nitrogen and oxygen atoms in total. The van der Waals surface area contributed by atoms with Gasteiger partial charge in [0.2, 0.25) is 10.0 Å². The molecule has 183 valence electrons. The first kappa shape index (κ1) is 23.5. The van der Waals surface area contributed by atoms with E-state index in [0.717, 1.165) is 12.3 Å². The number of amides is 1. The number of carbonyl (C=O) groups excluding carboxylic acids is 1. The van der Waals surface area contributed by atoms with E-state index >= 15 is 0 Å². The molecule has 2 aromatic carbocycles. The van der Waals surface area contributed by atoms with Gasteiger partial charge in [-0.05, 0) is 47.9 Å². The summed E-state index contributed by atoms with van der Waals surface area (Å²) in [4.78, 5) is 14.4. The van der Waals surface area contributed by atoms with Crippen molar-refractivity contribution in [1.29, 1.82) is 0 Å². The Balaban J connectivity index is 1.56. The van der Waals surface area contributed by atoms with Crippen LogP contribution >= 0.6 is 0 Å². The van der Waals surface area contributed by atoms with Crippen molar-refractivity contribution < 1.29 is 26.4 Å². The average Bonchev–Trinajstić information content (AvgIpc) is 3.29. The highest BCUT2D eigenvalue weighted by Crippen LogP contribution is 2.43. The molecule has 12 heteroatoms. The van der Waals surface area contributed by atoms with Gasteiger partial charge in [-0.1, -0.05) is 12.1 Å². The van der Waals surface area contributed by atoms with Gasteiger partial charge in [0.15, 0.2) is 0 Å². The van der Waals surface area contributed by atoms with Gasteiger partial charge in [0, 0.05) is 31.4 Å². The third-order valence-electron chi connectivity index (χ3n) is 6.62. The van der Waals surface area contributed by atoms with Crippen LogP contribution < -0.4 is 4.90 Å². The zero-order chi connectivity index (χ0) is 25.3. The van der Waals surface area contributed by atoms with E-state index in [1.165, 1.54) is 21.6 Å². The monoisotopic (exact) mass is 504 g/mol. The molecular weight excluding hydrogens is 483 g/mol. The molecule has 1 amide bonds. The molecule has 0 saturated carbocycles. The molecule has 0 aliphatic carbocycles. The quantitative estimate of drug-likeness (QED) is 0.545. The summed E-state index contributed by atoms with van der Waals surface area (Å²) in [5.74, 6) is -0.00104. The average molecular weight is 505 g/mol. The predicted molar refractivity (Wildman–Crippen MR) is 121 cm³/mol. The van der Waals surface area contributed by atoms with Crippen molar-refractivity contribution >= 4 is 21.6 Å². The fourth-order valence-electron chi connectivity index (χ4n) is 4.86. The summed E-state index contributed by atoms with van der Waals surface area (Å²) in [5.41, 5.74) is -0.606. The lowest BCUT2D eigenvalue weighted by molar-refractivity contribution is -0.138. The molecule has 0 atom stereocenters. The minimum absolute atomic E-state index is 0.0230. The van der Waals surface area contributed by atoms with Gasteiger partial charge in [0.1, 0.15) is 12.2 Å². The number of nitrogens with zero attached hydrogens (tertiary/aromatic N) is 5. The normalized spacial score (nSPS) is 18.0. The number of fused-ring (bicyclic) bond motifs is 1. The van der Waals surface area contributed by atoms with Crippen molar-refractivity contribution in [1.82, 2.24) is 19.1 Å². The maximum atomic E-state index is 13.7. The molecule has 0 bridgehead atoms. The van der Waals surface area contributed by atoms with E-state index in [0.29, 0.717) is 17.1 Å². The van der Waals surface area contributed by atoms with Crippen LogP contribution in [-0.2, 0) is 35.2 Å². The summed E-state index contributed by atoms with van der Waals surface area (Å²) in [6.45, 7) is 3.60. The Morgan fingerprint density at radius 3 is 2.46 bits per heavy atom. The van der Waals surface area contributed by atoms with Gasteiger partial charge in [-0.2, -0.15) is 17.5 Å². The van der Waals surface area contributed by atoms with Crippen LogP contribution in [0.4, 0.5) is 18.9 Å². The van der Waals surface area contributed by atoms with Gasteiger partial charge in [0.05, 0.1) is 23.8 Å². The Kier molecular flexibility index (Phi) is 5.12. The molecular formula is C23H21F3N5O3S. The lowest BCUT2D eigenvalue weighted by Crippen LogP contribution is -2.62. The highest BCUT2D eigenvalue weighted by molar-refractivity contribution is 7.88. The number of alkyl halides is 3. The van der Waals surface area contributed by atoms with Crippen molar-refractivity contribution in [3.05, 3.63) is 83.3 Å². The Labute approximate surface area is 200 Å². The van der Waals surface area contributed by atoms with Crippen LogP contribution in [0.3, 0.4) is 0 Å². The summed E-state index contributed by atoms with van der Waals surface area (Å²) in [7, 11) is -1.69. The summed E-state index contributed by atoms with van der Waals surface area (Å²) >= 11 is 0. The van der Waals surface area contributed by atoms with Gasteiger partial charge >= 0.3 is 6.18 Å². The molecule has 3 heterocycles. The van der Waals surface area contributed by atoms with Gasteiger partial charge in [-0.15, -0.1) is 10.2 Å². The van der Waals surface area contributed by atoms with E-state index in [1.54, 1.807) is 35.9 Å². The molecule has 0 N–H and O–H groups in total. The number of aryl methyl sites for hydroxylation is 1. The third kappa shape index (κ3) is 3.71. The van der Waals surface area contributed by atoms with Gasteiger partial charge in [0.25, 0.3) is 5.91 Å². The number of hydrogen-bond donors (Lipinski definition) is 0. The highest BCUT2D eigenvalue weighted by atomic mass is 32.2. The standard InChI is InChI=1S/C23H21F3N5O3S/c1-14-7-17-18(19(8-14)23(24,25)26)10-31(20(17)32)16-6-4-5-15(9-16)22(21-28-27-13-29(21)2)11-30(12-22)35(3,33)34/h4-9,13H,1,10-12H2,2-3H3. The molecule has 0 spiro atoms. The summed E-state index contributed by atoms with van der Waals surface area (Å²) < 4.78 is 68.2. The van der Waals surface area contributed by atoms with Crippen molar-refractivity contribution in [2.45, 2.75) is 18.1 Å². The summed E-state index contributed by atoms with van der Waals surface area (Å²) in [6.07, 6.45) is -1.98. The fourth-order valence-corrected chi connectivity index (χ4v) is 5.77. The van der Waals surface area contributed by atoms with E-state index in [1.807, 2.05) is 0 Å². The summed E-state index contributed by atoms with van der Waals surface area (Å²) in [5, 5.41) is 8.14. The molecule has 5 rings (SSSR count). The topological polar surface area (TPSA) is 88.4 Å². The summed E-state index contributed by atoms with van der Waals surface area (Å²) in [6, 6.07) is 9.15. The van der Waals surface area contributed by atoms with E-state index in [9.17, 15) is 26.4 Å². The van der Waals surface area contributed by atoms with E-state index < -0.39 is 33.1 Å². The Hall–Kier alpha value is -3.25. The molecule has 1 saturated heterocycles. The number of aromatic nitrogens is 3. The molecule has 1 radical (unpaired) electrons. The number of sulfonamides is 1. The Morgan fingerprint density at radius 1 is 1.14 bits per heavy atom. The van der Waals surface area contributed by atoms with Crippen molar-refractivity contribution in [2.75, 3.05) is 24.2 Å². The molecule has 2 aliphatic rings. The van der Waals surface area contributed by atoms with Crippen LogP contribution in [0.15, 0.2) is 42.7 Å². The minimum atomic E-state index is -4.62. The molecule has 2 aliphatic heterocycles. The third-order valence-corrected chi connectivity index (χ3v) is 7.81.